The van der Waals surface area contributed by atoms with Crippen molar-refractivity contribution in [3.63, 3.8) is 0 Å². The Morgan fingerprint density at radius 2 is 1.89 bits per heavy atom. The molecule has 2 nitrogen and oxygen atoms in total. The van der Waals surface area contributed by atoms with Gasteiger partial charge in [-0.2, -0.15) is 0 Å². The van der Waals surface area contributed by atoms with Crippen molar-refractivity contribution < 1.29 is 9.53 Å². The maximum atomic E-state index is 11.5. The molecule has 0 saturated carbocycles. The third-order valence-corrected chi connectivity index (χ3v) is 2.45. The highest BCUT2D eigenvalue weighted by atomic mass is 16.6. The van der Waals surface area contributed by atoms with Gasteiger partial charge in [0.05, 0.1) is 6.42 Å². The first-order valence-electron chi connectivity index (χ1n) is 6.32. The first-order chi connectivity index (χ1) is 8.38. The lowest BCUT2D eigenvalue weighted by Crippen LogP contribution is -2.23. The number of ether oxygens (including phenoxy) is 1. The van der Waals surface area contributed by atoms with E-state index in [-0.39, 0.29) is 5.97 Å². The summed E-state index contributed by atoms with van der Waals surface area (Å²) in [4.78, 5) is 11.5. The van der Waals surface area contributed by atoms with E-state index in [9.17, 15) is 4.79 Å². The summed E-state index contributed by atoms with van der Waals surface area (Å²) in [5.41, 5.74) is 0.841. The van der Waals surface area contributed by atoms with Gasteiger partial charge in [0.25, 0.3) is 0 Å². The molecule has 0 bridgehead atoms. The zero-order valence-corrected chi connectivity index (χ0v) is 11.6. The minimum Gasteiger partial charge on any atom is -0.460 e. The van der Waals surface area contributed by atoms with Crippen LogP contribution in [0.2, 0.25) is 0 Å². The first kappa shape index (κ1) is 14.5. The Hall–Kier alpha value is -1.57. The second-order valence-corrected chi connectivity index (χ2v) is 5.42. The molecule has 0 saturated heterocycles. The van der Waals surface area contributed by atoms with Gasteiger partial charge in [0, 0.05) is 0 Å². The molecule has 0 spiro atoms. The molecular formula is C16H22O2. The summed E-state index contributed by atoms with van der Waals surface area (Å²) in [5, 5.41) is 0. The highest BCUT2D eigenvalue weighted by Crippen LogP contribution is 2.16. The number of carbonyl (C=O) groups is 1. The zero-order valence-electron chi connectivity index (χ0n) is 11.6. The lowest BCUT2D eigenvalue weighted by molar-refractivity contribution is -0.153. The average molecular weight is 246 g/mol. The molecule has 0 unspecified atom stereocenters. The standard InChI is InChI=1S/C16H22O2/c1-13(14-10-6-5-7-11-14)9-8-12-15(17)18-16(2,3)4/h5-11,13H,12H2,1-4H3/b9-8+/t13-/m0/s1. The summed E-state index contributed by atoms with van der Waals surface area (Å²) in [6.07, 6.45) is 4.25. The van der Waals surface area contributed by atoms with Gasteiger partial charge in [-0.25, -0.2) is 0 Å². The second-order valence-electron chi connectivity index (χ2n) is 5.42. The summed E-state index contributed by atoms with van der Waals surface area (Å²) in [6.45, 7) is 7.74. The lowest BCUT2D eigenvalue weighted by atomic mass is 10.0. The van der Waals surface area contributed by atoms with Crippen LogP contribution in [-0.2, 0) is 9.53 Å². The second kappa shape index (κ2) is 6.39. The quantitative estimate of drug-likeness (QED) is 0.591. The van der Waals surface area contributed by atoms with Gasteiger partial charge in [0.15, 0.2) is 0 Å². The van der Waals surface area contributed by atoms with Gasteiger partial charge < -0.3 is 4.74 Å². The van der Waals surface area contributed by atoms with Crippen LogP contribution in [0.3, 0.4) is 0 Å². The van der Waals surface area contributed by atoms with Gasteiger partial charge >= 0.3 is 5.97 Å². The Labute approximate surface area is 110 Å². The van der Waals surface area contributed by atoms with Crippen molar-refractivity contribution in [2.75, 3.05) is 0 Å². The van der Waals surface area contributed by atoms with Crippen LogP contribution in [0.15, 0.2) is 42.5 Å². The van der Waals surface area contributed by atoms with Gasteiger partial charge in [-0.05, 0) is 32.3 Å². The summed E-state index contributed by atoms with van der Waals surface area (Å²) in [7, 11) is 0. The highest BCUT2D eigenvalue weighted by molar-refractivity contribution is 5.71. The Kier molecular flexibility index (Phi) is 5.14. The number of hydrogen-bond acceptors (Lipinski definition) is 2. The Morgan fingerprint density at radius 1 is 1.28 bits per heavy atom. The van der Waals surface area contributed by atoms with Crippen LogP contribution < -0.4 is 0 Å². The zero-order chi connectivity index (χ0) is 13.6. The Bertz CT molecular complexity index is 399. The van der Waals surface area contributed by atoms with Gasteiger partial charge in [-0.1, -0.05) is 49.4 Å². The average Bonchev–Trinajstić information content (AvgIpc) is 2.27. The van der Waals surface area contributed by atoms with Gasteiger partial charge in [-0.3, -0.25) is 4.79 Å². The molecule has 0 fully saturated rings. The van der Waals surface area contributed by atoms with Crippen LogP contribution in [0.4, 0.5) is 0 Å². The van der Waals surface area contributed by atoms with Crippen LogP contribution in [-0.4, -0.2) is 11.6 Å². The van der Waals surface area contributed by atoms with E-state index < -0.39 is 5.60 Å². The van der Waals surface area contributed by atoms with Crippen LogP contribution in [0.1, 0.15) is 45.6 Å². The molecule has 2 heteroatoms. The van der Waals surface area contributed by atoms with E-state index in [0.29, 0.717) is 12.3 Å². The molecule has 0 heterocycles. The molecule has 0 aliphatic carbocycles. The van der Waals surface area contributed by atoms with Crippen LogP contribution in [0.25, 0.3) is 0 Å². The van der Waals surface area contributed by atoms with E-state index in [1.165, 1.54) is 5.56 Å². The molecule has 0 amide bonds. The normalized spacial score (nSPS) is 13.6. The third-order valence-electron chi connectivity index (χ3n) is 2.45. The van der Waals surface area contributed by atoms with Crippen molar-refractivity contribution in [1.82, 2.24) is 0 Å². The highest BCUT2D eigenvalue weighted by Gasteiger charge is 2.14. The molecule has 1 atom stereocenters. The summed E-state index contributed by atoms with van der Waals surface area (Å²) in [6, 6.07) is 10.2. The summed E-state index contributed by atoms with van der Waals surface area (Å²) < 4.78 is 5.24. The van der Waals surface area contributed by atoms with Crippen molar-refractivity contribution in [2.24, 2.45) is 0 Å². The molecule has 0 N–H and O–H groups in total. The molecule has 18 heavy (non-hydrogen) atoms. The topological polar surface area (TPSA) is 26.3 Å². The summed E-state index contributed by atoms with van der Waals surface area (Å²) >= 11 is 0. The SMILES string of the molecule is C[C@@H](/C=C/CC(=O)OC(C)(C)C)c1ccccc1. The van der Waals surface area contributed by atoms with Crippen LogP contribution in [0.5, 0.6) is 0 Å². The van der Waals surface area contributed by atoms with E-state index in [2.05, 4.69) is 19.1 Å². The minimum absolute atomic E-state index is 0.181. The number of carbonyl (C=O) groups excluding carboxylic acids is 1. The predicted molar refractivity (Wildman–Crippen MR) is 74.5 cm³/mol. The molecule has 0 aliphatic heterocycles. The van der Waals surface area contributed by atoms with Gasteiger partial charge in [0.2, 0.25) is 0 Å². The number of hydrogen-bond donors (Lipinski definition) is 0. The number of rotatable bonds is 4. The molecule has 1 rings (SSSR count). The first-order valence-corrected chi connectivity index (χ1v) is 6.32. The molecule has 0 radical (unpaired) electrons. The third kappa shape index (κ3) is 5.67. The minimum atomic E-state index is -0.407. The summed E-state index contributed by atoms with van der Waals surface area (Å²) in [5.74, 6) is 0.132. The molecule has 0 aromatic heterocycles. The van der Waals surface area contributed by atoms with Gasteiger partial charge in [-0.15, -0.1) is 0 Å². The van der Waals surface area contributed by atoms with E-state index in [4.69, 9.17) is 4.74 Å². The van der Waals surface area contributed by atoms with Crippen molar-refractivity contribution >= 4 is 5.97 Å². The number of allylic oxidation sites excluding steroid dienone is 1. The predicted octanol–water partition coefficient (Wildman–Crippen LogP) is 4.08. The fourth-order valence-corrected chi connectivity index (χ4v) is 1.62. The Balaban J connectivity index is 2.44. The monoisotopic (exact) mass is 246 g/mol. The Morgan fingerprint density at radius 3 is 2.44 bits per heavy atom. The van der Waals surface area contributed by atoms with Crippen molar-refractivity contribution in [3.8, 4) is 0 Å². The van der Waals surface area contributed by atoms with E-state index in [1.54, 1.807) is 0 Å². The molecule has 1 aromatic carbocycles. The number of benzene rings is 1. The molecule has 1 aromatic rings. The molecule has 0 aliphatic rings. The number of esters is 1. The van der Waals surface area contributed by atoms with Crippen molar-refractivity contribution in [1.29, 1.82) is 0 Å². The maximum Gasteiger partial charge on any atom is 0.310 e. The molecular weight excluding hydrogens is 224 g/mol. The fraction of sp³-hybridized carbons (Fsp3) is 0.438. The lowest BCUT2D eigenvalue weighted by Gasteiger charge is -2.18. The maximum absolute atomic E-state index is 11.5. The molecule has 98 valence electrons. The van der Waals surface area contributed by atoms with Crippen LogP contribution >= 0.6 is 0 Å². The van der Waals surface area contributed by atoms with E-state index in [1.807, 2.05) is 51.1 Å². The van der Waals surface area contributed by atoms with Crippen LogP contribution in [0, 0.1) is 0 Å². The van der Waals surface area contributed by atoms with Crippen molar-refractivity contribution in [3.05, 3.63) is 48.0 Å². The van der Waals surface area contributed by atoms with E-state index >= 15 is 0 Å². The smallest absolute Gasteiger partial charge is 0.310 e. The van der Waals surface area contributed by atoms with Gasteiger partial charge in [0.1, 0.15) is 5.60 Å². The van der Waals surface area contributed by atoms with E-state index in [0.717, 1.165) is 0 Å². The van der Waals surface area contributed by atoms with Crippen molar-refractivity contribution in [2.45, 2.75) is 45.6 Å². The largest absolute Gasteiger partial charge is 0.460 e. The fourth-order valence-electron chi connectivity index (χ4n) is 1.62.